The first-order valence-corrected chi connectivity index (χ1v) is 9.57. The van der Waals surface area contributed by atoms with Gasteiger partial charge in [-0.1, -0.05) is 23.5 Å². The van der Waals surface area contributed by atoms with Crippen molar-refractivity contribution < 1.29 is 5.11 Å². The summed E-state index contributed by atoms with van der Waals surface area (Å²) in [6.07, 6.45) is 3.95. The van der Waals surface area contributed by atoms with Crippen LogP contribution in [0, 0.1) is 6.92 Å². The highest BCUT2D eigenvalue weighted by atomic mass is 32.1. The highest BCUT2D eigenvalue weighted by Crippen LogP contribution is 2.28. The fourth-order valence-corrected chi connectivity index (χ4v) is 4.28. The molecular weight excluding hydrogens is 376 g/mol. The molecule has 4 heterocycles. The van der Waals surface area contributed by atoms with E-state index >= 15 is 0 Å². The molecule has 1 N–H and O–H groups in total. The quantitative estimate of drug-likeness (QED) is 0.505. The van der Waals surface area contributed by atoms with Crippen LogP contribution in [0.5, 0.6) is 5.88 Å². The van der Waals surface area contributed by atoms with Crippen LogP contribution >= 0.6 is 11.3 Å². The standard InChI is InChI=1S/C19H16N6O2S/c1-11-17-14(8-16(26)24(11)7-6-12-9-20-10-21-12)23-25(18(17)27)19-22-13-4-2-3-5-15(13)28-19/h2-5,8-10,26H,6-7H2,1H3,(H,20,21)/p-1. The van der Waals surface area contributed by atoms with E-state index in [1.807, 2.05) is 24.3 Å². The van der Waals surface area contributed by atoms with Crippen LogP contribution in [0.2, 0.25) is 0 Å². The number of H-pyrrole nitrogens is 1. The van der Waals surface area contributed by atoms with E-state index in [2.05, 4.69) is 20.1 Å². The Bertz CT molecular complexity index is 1280. The first-order chi connectivity index (χ1) is 13.6. The third kappa shape index (κ3) is 2.59. The number of rotatable bonds is 4. The van der Waals surface area contributed by atoms with Gasteiger partial charge in [-0.15, -0.1) is 0 Å². The summed E-state index contributed by atoms with van der Waals surface area (Å²) in [4.78, 5) is 24.6. The van der Waals surface area contributed by atoms with Gasteiger partial charge in [0.2, 0.25) is 5.13 Å². The average molecular weight is 391 g/mol. The number of thiazole rings is 1. The molecule has 2 aliphatic heterocycles. The van der Waals surface area contributed by atoms with E-state index in [0.29, 0.717) is 35.0 Å². The number of aryl methyl sites for hydroxylation is 1. The van der Waals surface area contributed by atoms with Crippen LogP contribution in [-0.2, 0) is 13.0 Å². The minimum absolute atomic E-state index is 0.182. The van der Waals surface area contributed by atoms with Gasteiger partial charge in [-0.3, -0.25) is 4.79 Å². The monoisotopic (exact) mass is 391 g/mol. The Balaban J connectivity index is 1.61. The molecule has 0 unspecified atom stereocenters. The van der Waals surface area contributed by atoms with Gasteiger partial charge in [0.25, 0.3) is 5.56 Å². The van der Waals surface area contributed by atoms with Crippen LogP contribution in [0.1, 0.15) is 11.4 Å². The molecule has 0 saturated heterocycles. The zero-order valence-electron chi connectivity index (χ0n) is 14.9. The van der Waals surface area contributed by atoms with E-state index < -0.39 is 0 Å². The molecular formula is C19H15N6O2S-. The molecule has 1 aromatic carbocycles. The second-order valence-corrected chi connectivity index (χ2v) is 7.50. The molecule has 2 aromatic heterocycles. The van der Waals surface area contributed by atoms with Crippen molar-refractivity contribution >= 4 is 21.6 Å². The Labute approximate surface area is 163 Å². The van der Waals surface area contributed by atoms with Crippen molar-refractivity contribution in [1.82, 2.24) is 29.3 Å². The van der Waals surface area contributed by atoms with Crippen LogP contribution in [0.15, 0.2) is 47.7 Å². The van der Waals surface area contributed by atoms with Gasteiger partial charge in [-0.25, -0.2) is 9.97 Å². The molecule has 28 heavy (non-hydrogen) atoms. The Hall–Kier alpha value is -3.46. The SMILES string of the molecule is Cc1c2c(=O)n(-c3nc4ccccc4s3)nc-2cc([O-])n1CCc1cnc[nH]1. The number of imidazole rings is 1. The molecule has 0 amide bonds. The minimum atomic E-state index is -0.262. The molecule has 9 heteroatoms. The van der Waals surface area contributed by atoms with Gasteiger partial charge in [0.05, 0.1) is 27.8 Å². The van der Waals surface area contributed by atoms with Gasteiger partial charge >= 0.3 is 0 Å². The number of hydrogen-bond donors (Lipinski definition) is 1. The molecule has 5 rings (SSSR count). The smallest absolute Gasteiger partial charge is 0.284 e. The summed E-state index contributed by atoms with van der Waals surface area (Å²) in [7, 11) is 0. The molecule has 0 fully saturated rings. The lowest BCUT2D eigenvalue weighted by molar-refractivity contribution is -0.279. The molecule has 140 valence electrons. The predicted molar refractivity (Wildman–Crippen MR) is 104 cm³/mol. The number of benzene rings is 1. The van der Waals surface area contributed by atoms with Crippen LogP contribution in [0.25, 0.3) is 26.6 Å². The zero-order valence-corrected chi connectivity index (χ0v) is 15.7. The van der Waals surface area contributed by atoms with Gasteiger partial charge in [0.15, 0.2) is 0 Å². The van der Waals surface area contributed by atoms with Gasteiger partial charge < -0.3 is 14.7 Å². The number of fused-ring (bicyclic) bond motifs is 2. The van der Waals surface area contributed by atoms with Crippen molar-refractivity contribution in [3.8, 4) is 22.3 Å². The maximum atomic E-state index is 13.1. The average Bonchev–Trinajstić information content (AvgIpc) is 3.40. The van der Waals surface area contributed by atoms with E-state index in [1.165, 1.54) is 22.1 Å². The van der Waals surface area contributed by atoms with Gasteiger partial charge in [0.1, 0.15) is 0 Å². The number of hydrogen-bond acceptors (Lipinski definition) is 6. The fourth-order valence-electron chi connectivity index (χ4n) is 3.37. The van der Waals surface area contributed by atoms with Gasteiger partial charge in [-0.2, -0.15) is 9.78 Å². The van der Waals surface area contributed by atoms with E-state index in [1.54, 1.807) is 24.0 Å². The summed E-state index contributed by atoms with van der Waals surface area (Å²) in [6, 6.07) is 9.10. The molecule has 0 saturated carbocycles. The topological polar surface area (TPSA) is 104 Å². The molecule has 0 aliphatic carbocycles. The summed E-state index contributed by atoms with van der Waals surface area (Å²) >= 11 is 1.40. The predicted octanol–water partition coefficient (Wildman–Crippen LogP) is 2.10. The lowest BCUT2D eigenvalue weighted by Crippen LogP contribution is -2.18. The second-order valence-electron chi connectivity index (χ2n) is 6.49. The first kappa shape index (κ1) is 16.7. The van der Waals surface area contributed by atoms with Crippen LogP contribution in [0.3, 0.4) is 0 Å². The van der Waals surface area contributed by atoms with E-state index in [0.717, 1.165) is 15.9 Å². The maximum Gasteiger partial charge on any atom is 0.284 e. The number of nitrogens with zero attached hydrogens (tertiary/aromatic N) is 5. The van der Waals surface area contributed by atoms with Gasteiger partial charge in [-0.05, 0) is 31.0 Å². The largest absolute Gasteiger partial charge is 0.860 e. The second kappa shape index (κ2) is 6.31. The first-order valence-electron chi connectivity index (χ1n) is 8.75. The lowest BCUT2D eigenvalue weighted by Gasteiger charge is -2.22. The van der Waals surface area contributed by atoms with Crippen LogP contribution in [-0.4, -0.2) is 29.3 Å². The van der Waals surface area contributed by atoms with Gasteiger partial charge in [0, 0.05) is 30.6 Å². The highest BCUT2D eigenvalue weighted by molar-refractivity contribution is 7.20. The Kier molecular flexibility index (Phi) is 3.76. The molecule has 0 radical (unpaired) electrons. The van der Waals surface area contributed by atoms with E-state index in [4.69, 9.17) is 0 Å². The number of aromatic nitrogens is 6. The third-order valence-electron chi connectivity index (χ3n) is 4.79. The molecule has 0 bridgehead atoms. The highest BCUT2D eigenvalue weighted by Gasteiger charge is 2.22. The molecule has 8 nitrogen and oxygen atoms in total. The molecule has 0 spiro atoms. The Morgan fingerprint density at radius 1 is 1.29 bits per heavy atom. The van der Waals surface area contributed by atoms with Crippen molar-refractivity contribution in [2.24, 2.45) is 0 Å². The van der Waals surface area contributed by atoms with Crippen molar-refractivity contribution in [2.75, 3.05) is 0 Å². The Morgan fingerprint density at radius 2 is 2.14 bits per heavy atom. The number of aromatic amines is 1. The molecule has 2 aliphatic rings. The summed E-state index contributed by atoms with van der Waals surface area (Å²) < 4.78 is 3.88. The number of para-hydroxylation sites is 1. The van der Waals surface area contributed by atoms with Crippen molar-refractivity contribution in [3.63, 3.8) is 0 Å². The lowest BCUT2D eigenvalue weighted by atomic mass is 10.1. The minimum Gasteiger partial charge on any atom is -0.860 e. The van der Waals surface area contributed by atoms with Crippen molar-refractivity contribution in [1.29, 1.82) is 0 Å². The van der Waals surface area contributed by atoms with Crippen molar-refractivity contribution in [2.45, 2.75) is 19.9 Å². The Morgan fingerprint density at radius 3 is 2.93 bits per heavy atom. The number of pyridine rings is 1. The zero-order chi connectivity index (χ0) is 19.3. The third-order valence-corrected chi connectivity index (χ3v) is 5.80. The van der Waals surface area contributed by atoms with Crippen LogP contribution < -0.4 is 10.7 Å². The summed E-state index contributed by atoms with van der Waals surface area (Å²) in [5.74, 6) is -0.182. The molecule has 3 aromatic rings. The van der Waals surface area contributed by atoms with Crippen molar-refractivity contribution in [3.05, 3.63) is 64.6 Å². The summed E-state index contributed by atoms with van der Waals surface area (Å²) in [6.45, 7) is 2.23. The van der Waals surface area contributed by atoms with Crippen LogP contribution in [0.4, 0.5) is 0 Å². The normalized spacial score (nSPS) is 11.6. The summed E-state index contributed by atoms with van der Waals surface area (Å²) in [5, 5.41) is 17.5. The fraction of sp³-hybridized carbons (Fsp3) is 0.158. The van der Waals surface area contributed by atoms with E-state index in [9.17, 15) is 9.90 Å². The van der Waals surface area contributed by atoms with E-state index in [-0.39, 0.29) is 11.4 Å². The summed E-state index contributed by atoms with van der Waals surface area (Å²) in [5.41, 5.74) is 2.94. The molecule has 0 atom stereocenters. The maximum absolute atomic E-state index is 13.1. The number of nitrogens with one attached hydrogen (secondary N) is 1.